The third-order valence-corrected chi connectivity index (χ3v) is 10.8. The number of hydrogen-bond donors (Lipinski definition) is 1. The van der Waals surface area contributed by atoms with Crippen LogP contribution in [0.5, 0.6) is 0 Å². The van der Waals surface area contributed by atoms with Gasteiger partial charge in [0.1, 0.15) is 25.9 Å². The maximum absolute atomic E-state index is 12.8. The molecular weight excluding hydrogens is 741 g/mol. The topological polar surface area (TPSA) is 121 Å². The molecule has 1 aliphatic heterocycles. The molecule has 11 heteroatoms. The highest BCUT2D eigenvalue weighted by Crippen LogP contribution is 2.43. The fourth-order valence-electron chi connectivity index (χ4n) is 6.17. The summed E-state index contributed by atoms with van der Waals surface area (Å²) in [4.78, 5) is 35.5. The zero-order chi connectivity index (χ0) is 41.9. The van der Waals surface area contributed by atoms with Crippen LogP contribution in [-0.2, 0) is 37.4 Å². The Morgan fingerprint density at radius 3 is 1.89 bits per heavy atom. The quantitative estimate of drug-likeness (QED) is 0.0123. The molecule has 1 rings (SSSR count). The minimum atomic E-state index is -4.40. The zero-order valence-corrected chi connectivity index (χ0v) is 37.7. The number of phosphoric ester groups is 1. The molecule has 1 saturated heterocycles. The number of ether oxygens (including phenoxy) is 3. The summed E-state index contributed by atoms with van der Waals surface area (Å²) in [5.74, 6) is -0.891. The maximum atomic E-state index is 12.8. The van der Waals surface area contributed by atoms with Gasteiger partial charge in [0.25, 0.3) is 0 Å². The van der Waals surface area contributed by atoms with Crippen LogP contribution in [0.15, 0.2) is 48.6 Å². The molecule has 4 atom stereocenters. The van der Waals surface area contributed by atoms with Crippen molar-refractivity contribution in [2.24, 2.45) is 0 Å². The van der Waals surface area contributed by atoms with E-state index in [4.69, 9.17) is 23.3 Å². The van der Waals surface area contributed by atoms with Crippen molar-refractivity contribution in [3.05, 3.63) is 48.6 Å². The molecule has 4 unspecified atom stereocenters. The molecule has 1 heterocycles. The Hall–Kier alpha value is -2.07. The van der Waals surface area contributed by atoms with Crippen molar-refractivity contribution in [1.29, 1.82) is 0 Å². The number of epoxide rings is 1. The lowest BCUT2D eigenvalue weighted by Crippen LogP contribution is -2.37. The van der Waals surface area contributed by atoms with Crippen LogP contribution in [-0.4, -0.2) is 87.1 Å². The Bertz CT molecular complexity index is 1180. The summed E-state index contributed by atoms with van der Waals surface area (Å²) < 4.78 is 40.0. The standard InChI is InChI=1S/C46H82NO9P/c1-6-8-10-12-14-16-18-20-21-22-24-26-28-30-32-36-45(48)52-40-42(41-54-57(50,51)53-39-38-47(3,4)5)55-46(49)37-33-35-44-43(56-44)34-31-29-27-25-23-19-17-15-13-11-9-7-2/h15,17,23,25,27,29,31,34,42-44H,6-14,16,18-22,24,26,28,30,32-33,35-41H2,1-5H3/p+1/b17-15+,25-23+,29-27-,34-31-. The van der Waals surface area contributed by atoms with E-state index in [0.29, 0.717) is 23.9 Å². The van der Waals surface area contributed by atoms with Gasteiger partial charge in [-0.25, -0.2) is 4.57 Å². The number of unbranched alkanes of at least 4 members (excludes halogenated alkanes) is 17. The first kappa shape index (κ1) is 52.9. The molecule has 0 spiro atoms. The molecule has 330 valence electrons. The molecule has 10 nitrogen and oxygen atoms in total. The van der Waals surface area contributed by atoms with E-state index in [1.165, 1.54) is 96.3 Å². The molecular formula is C46H83NO9P+. The number of carbonyl (C=O) groups is 2. The lowest BCUT2D eigenvalue weighted by Gasteiger charge is -2.24. The molecule has 0 bridgehead atoms. The third-order valence-electron chi connectivity index (χ3n) is 9.83. The van der Waals surface area contributed by atoms with Gasteiger partial charge in [0.15, 0.2) is 6.10 Å². The molecule has 0 saturated carbocycles. The Morgan fingerprint density at radius 1 is 0.684 bits per heavy atom. The summed E-state index contributed by atoms with van der Waals surface area (Å²) in [7, 11) is 1.42. The second kappa shape index (κ2) is 34.8. The molecule has 1 fully saturated rings. The van der Waals surface area contributed by atoms with Crippen LogP contribution in [0.1, 0.15) is 168 Å². The first-order chi connectivity index (χ1) is 27.5. The van der Waals surface area contributed by atoms with E-state index in [9.17, 15) is 19.0 Å². The first-order valence-corrected chi connectivity index (χ1v) is 24.0. The number of allylic oxidation sites excluding steroid dienone is 7. The Balaban J connectivity index is 2.36. The molecule has 0 amide bonds. The highest BCUT2D eigenvalue weighted by atomic mass is 31.2. The monoisotopic (exact) mass is 825 g/mol. The predicted octanol–water partition coefficient (Wildman–Crippen LogP) is 11.7. The van der Waals surface area contributed by atoms with Crippen LogP contribution >= 0.6 is 7.82 Å². The molecule has 0 radical (unpaired) electrons. The molecule has 57 heavy (non-hydrogen) atoms. The highest BCUT2D eigenvalue weighted by Gasteiger charge is 2.35. The first-order valence-electron chi connectivity index (χ1n) is 22.5. The minimum Gasteiger partial charge on any atom is -0.462 e. The lowest BCUT2D eigenvalue weighted by molar-refractivity contribution is -0.870. The summed E-state index contributed by atoms with van der Waals surface area (Å²) in [6, 6.07) is 0. The molecule has 1 N–H and O–H groups in total. The van der Waals surface area contributed by atoms with Gasteiger partial charge in [0, 0.05) is 12.8 Å². The van der Waals surface area contributed by atoms with E-state index < -0.39 is 32.5 Å². The van der Waals surface area contributed by atoms with Crippen LogP contribution < -0.4 is 0 Å². The summed E-state index contributed by atoms with van der Waals surface area (Å²) in [5.41, 5.74) is 0. The summed E-state index contributed by atoms with van der Waals surface area (Å²) in [5, 5.41) is 0. The summed E-state index contributed by atoms with van der Waals surface area (Å²) >= 11 is 0. The summed E-state index contributed by atoms with van der Waals surface area (Å²) in [6.07, 6.45) is 41.8. The average molecular weight is 825 g/mol. The number of carbonyl (C=O) groups excluding carboxylic acids is 2. The van der Waals surface area contributed by atoms with Crippen LogP contribution in [0.4, 0.5) is 0 Å². The van der Waals surface area contributed by atoms with Gasteiger partial charge in [0.2, 0.25) is 0 Å². The number of nitrogens with zero attached hydrogens (tertiary/aromatic N) is 1. The van der Waals surface area contributed by atoms with Crippen LogP contribution in [0, 0.1) is 0 Å². The van der Waals surface area contributed by atoms with Crippen molar-refractivity contribution in [3.63, 3.8) is 0 Å². The van der Waals surface area contributed by atoms with Gasteiger partial charge < -0.3 is 23.6 Å². The molecule has 0 aromatic heterocycles. The minimum absolute atomic E-state index is 0.0137. The van der Waals surface area contributed by atoms with Crippen molar-refractivity contribution in [2.45, 2.75) is 186 Å². The maximum Gasteiger partial charge on any atom is 0.472 e. The van der Waals surface area contributed by atoms with Gasteiger partial charge in [-0.05, 0) is 38.5 Å². The van der Waals surface area contributed by atoms with Gasteiger partial charge in [-0.3, -0.25) is 18.6 Å². The number of quaternary nitrogens is 1. The van der Waals surface area contributed by atoms with Gasteiger partial charge in [-0.1, -0.05) is 165 Å². The normalized spacial score (nSPS) is 17.6. The second-order valence-corrected chi connectivity index (χ2v) is 18.0. The number of likely N-dealkylation sites (N-methyl/N-ethyl adjacent to an activating group) is 1. The smallest absolute Gasteiger partial charge is 0.462 e. The van der Waals surface area contributed by atoms with Gasteiger partial charge in [-0.2, -0.15) is 0 Å². The Morgan fingerprint density at radius 2 is 1.26 bits per heavy atom. The van der Waals surface area contributed by atoms with Gasteiger partial charge >= 0.3 is 19.8 Å². The van der Waals surface area contributed by atoms with Crippen molar-refractivity contribution >= 4 is 19.8 Å². The van der Waals surface area contributed by atoms with Crippen molar-refractivity contribution in [2.75, 3.05) is 47.5 Å². The van der Waals surface area contributed by atoms with Gasteiger partial charge in [-0.15, -0.1) is 0 Å². The fourth-order valence-corrected chi connectivity index (χ4v) is 6.92. The molecule has 1 aliphatic rings. The van der Waals surface area contributed by atoms with E-state index in [2.05, 4.69) is 32.1 Å². The molecule has 0 aromatic carbocycles. The fraction of sp³-hybridized carbons (Fsp3) is 0.783. The number of hydrogen-bond acceptors (Lipinski definition) is 8. The third kappa shape index (κ3) is 35.6. The lowest BCUT2D eigenvalue weighted by atomic mass is 10.0. The highest BCUT2D eigenvalue weighted by molar-refractivity contribution is 7.47. The van der Waals surface area contributed by atoms with Crippen molar-refractivity contribution in [1.82, 2.24) is 0 Å². The van der Waals surface area contributed by atoms with E-state index in [0.717, 1.165) is 32.1 Å². The van der Waals surface area contributed by atoms with E-state index in [1.54, 1.807) is 0 Å². The van der Waals surface area contributed by atoms with Crippen molar-refractivity contribution < 1.29 is 46.8 Å². The van der Waals surface area contributed by atoms with Crippen LogP contribution in [0.25, 0.3) is 0 Å². The number of rotatable bonds is 39. The van der Waals surface area contributed by atoms with Crippen molar-refractivity contribution in [3.8, 4) is 0 Å². The largest absolute Gasteiger partial charge is 0.472 e. The van der Waals surface area contributed by atoms with Gasteiger partial charge in [0.05, 0.1) is 33.9 Å². The number of esters is 2. The molecule has 0 aliphatic carbocycles. The van der Waals surface area contributed by atoms with E-state index in [-0.39, 0.29) is 38.3 Å². The molecule has 0 aromatic rings. The van der Waals surface area contributed by atoms with E-state index >= 15 is 0 Å². The van der Waals surface area contributed by atoms with Crippen LogP contribution in [0.2, 0.25) is 0 Å². The predicted molar refractivity (Wildman–Crippen MR) is 233 cm³/mol. The number of phosphoric acid groups is 1. The average Bonchev–Trinajstić information content (AvgIpc) is 3.91. The zero-order valence-electron chi connectivity index (χ0n) is 36.8. The second-order valence-electron chi connectivity index (χ2n) is 16.5. The SMILES string of the molecule is CCCCC/C=C/C/C=C/C=C\C=C/C1OC1CCCC(=O)OC(COC(=O)CCCCCCCCCCCCCCCCC)COP(=O)(O)OCC[N+](C)(C)C. The van der Waals surface area contributed by atoms with Crippen LogP contribution in [0.3, 0.4) is 0 Å². The Labute approximate surface area is 348 Å². The Kier molecular flexibility index (Phi) is 32.3. The van der Waals surface area contributed by atoms with E-state index in [1.807, 2.05) is 51.5 Å². The summed E-state index contributed by atoms with van der Waals surface area (Å²) in [6.45, 7) is 4.28.